The summed E-state index contributed by atoms with van der Waals surface area (Å²) in [6, 6.07) is 15.0. The van der Waals surface area contributed by atoms with Gasteiger partial charge in [0.1, 0.15) is 0 Å². The van der Waals surface area contributed by atoms with Crippen LogP contribution in [0.2, 0.25) is 5.02 Å². The summed E-state index contributed by atoms with van der Waals surface area (Å²) in [6.07, 6.45) is 1.53. The third-order valence-electron chi connectivity index (χ3n) is 4.92. The van der Waals surface area contributed by atoms with Crippen molar-refractivity contribution < 1.29 is 9.59 Å². The number of para-hydroxylation sites is 1. The van der Waals surface area contributed by atoms with Gasteiger partial charge in [0.05, 0.1) is 16.9 Å². The summed E-state index contributed by atoms with van der Waals surface area (Å²) in [5, 5.41) is 6.74. The third kappa shape index (κ3) is 4.60. The number of benzene rings is 2. The molecule has 1 aromatic heterocycles. The first-order chi connectivity index (χ1) is 14.3. The van der Waals surface area contributed by atoms with Crippen LogP contribution in [0.3, 0.4) is 0 Å². The molecular weight excluding hydrogens is 400 g/mol. The molecule has 2 amide bonds. The zero-order valence-electron chi connectivity index (χ0n) is 17.3. The molecule has 0 fully saturated rings. The minimum absolute atomic E-state index is 0.348. The summed E-state index contributed by atoms with van der Waals surface area (Å²) in [6.45, 7) is 8.15. The van der Waals surface area contributed by atoms with Gasteiger partial charge in [0.15, 0.2) is 0 Å². The largest absolute Gasteiger partial charge is 0.329 e. The normalized spacial score (nSPS) is 11.0. The topological polar surface area (TPSA) is 75.5 Å². The Morgan fingerprint density at radius 3 is 2.40 bits per heavy atom. The predicted octanol–water partition coefficient (Wildman–Crippen LogP) is 4.45. The van der Waals surface area contributed by atoms with Gasteiger partial charge >= 0.3 is 11.8 Å². The van der Waals surface area contributed by atoms with E-state index in [-0.39, 0.29) is 0 Å². The van der Waals surface area contributed by atoms with Gasteiger partial charge < -0.3 is 9.88 Å². The second-order valence-corrected chi connectivity index (χ2v) is 7.47. The molecule has 3 rings (SSSR count). The Morgan fingerprint density at radius 1 is 0.967 bits per heavy atom. The summed E-state index contributed by atoms with van der Waals surface area (Å²) < 4.78 is 2.12. The zero-order valence-corrected chi connectivity index (χ0v) is 18.0. The van der Waals surface area contributed by atoms with Crippen molar-refractivity contribution in [2.75, 3.05) is 5.32 Å². The number of hydrogen-bond donors (Lipinski definition) is 2. The number of carbonyl (C=O) groups is 2. The average Bonchev–Trinajstić information content (AvgIpc) is 2.99. The number of halogens is 1. The number of anilines is 1. The quantitative estimate of drug-likeness (QED) is 0.370. The van der Waals surface area contributed by atoms with Crippen LogP contribution in [0.4, 0.5) is 5.69 Å². The van der Waals surface area contributed by atoms with E-state index < -0.39 is 11.8 Å². The molecule has 0 aliphatic carbocycles. The first-order valence-electron chi connectivity index (χ1n) is 9.43. The molecule has 6 nitrogen and oxygen atoms in total. The molecule has 3 aromatic rings. The fourth-order valence-corrected chi connectivity index (χ4v) is 3.32. The van der Waals surface area contributed by atoms with E-state index in [0.717, 1.165) is 22.6 Å². The number of rotatable bonds is 4. The fraction of sp³-hybridized carbons (Fsp3) is 0.174. The first kappa shape index (κ1) is 21.3. The van der Waals surface area contributed by atoms with Gasteiger partial charge in [-0.25, -0.2) is 5.43 Å². The average molecular weight is 423 g/mol. The van der Waals surface area contributed by atoms with Crippen LogP contribution in [-0.4, -0.2) is 22.6 Å². The maximum atomic E-state index is 12.0. The van der Waals surface area contributed by atoms with E-state index >= 15 is 0 Å². The summed E-state index contributed by atoms with van der Waals surface area (Å²) in [4.78, 5) is 24.0. The minimum Gasteiger partial charge on any atom is -0.318 e. The maximum Gasteiger partial charge on any atom is 0.329 e. The van der Waals surface area contributed by atoms with Crippen molar-refractivity contribution in [1.29, 1.82) is 0 Å². The van der Waals surface area contributed by atoms with E-state index in [4.69, 9.17) is 11.6 Å². The van der Waals surface area contributed by atoms with Crippen LogP contribution in [0, 0.1) is 27.7 Å². The van der Waals surface area contributed by atoms with Crippen molar-refractivity contribution in [3.8, 4) is 5.69 Å². The van der Waals surface area contributed by atoms with E-state index in [1.54, 1.807) is 24.3 Å². The molecule has 0 radical (unpaired) electrons. The minimum atomic E-state index is -0.880. The monoisotopic (exact) mass is 422 g/mol. The Hall–Kier alpha value is -3.38. The number of hydrogen-bond acceptors (Lipinski definition) is 3. The standard InChI is InChI=1S/C23H23ClN4O2/c1-14-9-10-19(11-15(14)2)28-16(3)12-18(17(28)4)13-25-27-23(30)22(29)26-21-8-6-5-7-20(21)24/h5-13H,1-4H3,(H,26,29)(H,27,30)/b25-13-. The Morgan fingerprint density at radius 2 is 1.70 bits per heavy atom. The predicted molar refractivity (Wildman–Crippen MR) is 121 cm³/mol. The van der Waals surface area contributed by atoms with Gasteiger partial charge in [-0.1, -0.05) is 29.8 Å². The lowest BCUT2D eigenvalue weighted by atomic mass is 10.1. The van der Waals surface area contributed by atoms with Crippen molar-refractivity contribution in [1.82, 2.24) is 9.99 Å². The molecule has 0 unspecified atom stereocenters. The van der Waals surface area contributed by atoms with Crippen LogP contribution in [0.25, 0.3) is 5.69 Å². The lowest BCUT2D eigenvalue weighted by Crippen LogP contribution is -2.32. The van der Waals surface area contributed by atoms with Crippen molar-refractivity contribution in [2.24, 2.45) is 5.10 Å². The number of aromatic nitrogens is 1. The molecule has 30 heavy (non-hydrogen) atoms. The molecule has 0 saturated heterocycles. The van der Waals surface area contributed by atoms with Crippen LogP contribution < -0.4 is 10.7 Å². The van der Waals surface area contributed by atoms with E-state index in [1.165, 1.54) is 17.3 Å². The van der Waals surface area contributed by atoms with Gasteiger partial charge in [0, 0.05) is 22.6 Å². The van der Waals surface area contributed by atoms with E-state index in [2.05, 4.69) is 52.5 Å². The van der Waals surface area contributed by atoms with Gasteiger partial charge in [0.2, 0.25) is 0 Å². The van der Waals surface area contributed by atoms with Gasteiger partial charge in [-0.2, -0.15) is 5.10 Å². The SMILES string of the molecule is Cc1ccc(-n2c(C)cc(/C=N\NC(=O)C(=O)Nc3ccccc3Cl)c2C)cc1C. The van der Waals surface area contributed by atoms with E-state index in [1.807, 2.05) is 19.9 Å². The molecule has 0 atom stereocenters. The van der Waals surface area contributed by atoms with Crippen molar-refractivity contribution in [3.05, 3.63) is 81.6 Å². The highest BCUT2D eigenvalue weighted by Gasteiger charge is 2.15. The number of nitrogens with zero attached hydrogens (tertiary/aromatic N) is 2. The van der Waals surface area contributed by atoms with Crippen molar-refractivity contribution >= 4 is 35.3 Å². The number of carbonyl (C=O) groups excluding carboxylic acids is 2. The molecule has 7 heteroatoms. The highest BCUT2D eigenvalue weighted by Crippen LogP contribution is 2.22. The van der Waals surface area contributed by atoms with Crippen LogP contribution >= 0.6 is 11.6 Å². The van der Waals surface area contributed by atoms with Crippen LogP contribution in [0.15, 0.2) is 53.6 Å². The molecule has 0 bridgehead atoms. The van der Waals surface area contributed by atoms with Gasteiger partial charge in [0.25, 0.3) is 0 Å². The molecule has 0 spiro atoms. The highest BCUT2D eigenvalue weighted by molar-refractivity contribution is 6.41. The summed E-state index contributed by atoms with van der Waals surface area (Å²) in [7, 11) is 0. The Kier molecular flexibility index (Phi) is 6.37. The van der Waals surface area contributed by atoms with E-state index in [0.29, 0.717) is 10.7 Å². The van der Waals surface area contributed by atoms with Crippen molar-refractivity contribution in [3.63, 3.8) is 0 Å². The molecule has 0 aliphatic rings. The second kappa shape index (κ2) is 8.97. The van der Waals surface area contributed by atoms with Crippen molar-refractivity contribution in [2.45, 2.75) is 27.7 Å². The number of nitrogens with one attached hydrogen (secondary N) is 2. The van der Waals surface area contributed by atoms with Crippen LogP contribution in [0.1, 0.15) is 28.1 Å². The van der Waals surface area contributed by atoms with Crippen LogP contribution in [0.5, 0.6) is 0 Å². The van der Waals surface area contributed by atoms with E-state index in [9.17, 15) is 9.59 Å². The van der Waals surface area contributed by atoms with Gasteiger partial charge in [-0.15, -0.1) is 0 Å². The lowest BCUT2D eigenvalue weighted by molar-refractivity contribution is -0.136. The van der Waals surface area contributed by atoms with Crippen LogP contribution in [-0.2, 0) is 9.59 Å². The summed E-state index contributed by atoms with van der Waals surface area (Å²) >= 11 is 5.98. The van der Waals surface area contributed by atoms with Gasteiger partial charge in [-0.05, 0) is 69.2 Å². The highest BCUT2D eigenvalue weighted by atomic mass is 35.5. The molecule has 2 N–H and O–H groups in total. The number of amides is 2. The second-order valence-electron chi connectivity index (χ2n) is 7.06. The zero-order chi connectivity index (χ0) is 21.8. The first-order valence-corrected chi connectivity index (χ1v) is 9.81. The number of hydrazone groups is 1. The lowest BCUT2D eigenvalue weighted by Gasteiger charge is -2.11. The molecule has 154 valence electrons. The third-order valence-corrected chi connectivity index (χ3v) is 5.25. The Balaban J connectivity index is 1.70. The van der Waals surface area contributed by atoms with Gasteiger partial charge in [-0.3, -0.25) is 9.59 Å². The smallest absolute Gasteiger partial charge is 0.318 e. The molecule has 2 aromatic carbocycles. The summed E-state index contributed by atoms with van der Waals surface area (Å²) in [5.74, 6) is -1.73. The molecular formula is C23H23ClN4O2. The molecule has 1 heterocycles. The maximum absolute atomic E-state index is 12.0. The Labute approximate surface area is 180 Å². The summed E-state index contributed by atoms with van der Waals surface area (Å²) in [5.41, 5.74) is 9.00. The number of aryl methyl sites for hydroxylation is 3. The Bertz CT molecular complexity index is 1150. The fourth-order valence-electron chi connectivity index (χ4n) is 3.13. The molecule has 0 saturated carbocycles. The molecule has 0 aliphatic heterocycles.